The van der Waals surface area contributed by atoms with Gasteiger partial charge in [-0.25, -0.2) is 0 Å². The number of hydrogen-bond donors (Lipinski definition) is 0. The fourth-order valence-corrected chi connectivity index (χ4v) is 2.67. The average molecular weight is 292 g/mol. The first kappa shape index (κ1) is 14.3. The Balaban J connectivity index is 2.14. The van der Waals surface area contributed by atoms with Crippen LogP contribution in [0.3, 0.4) is 0 Å². The van der Waals surface area contributed by atoms with Crippen molar-refractivity contribution in [2.45, 2.75) is 19.4 Å². The Morgan fingerprint density at radius 1 is 1.00 bits per heavy atom. The molecule has 0 radical (unpaired) electrons. The minimum atomic E-state index is -0.188. The van der Waals surface area contributed by atoms with Gasteiger partial charge < -0.3 is 4.74 Å². The van der Waals surface area contributed by atoms with Crippen molar-refractivity contribution in [2.75, 3.05) is 0 Å². The van der Waals surface area contributed by atoms with E-state index in [-0.39, 0.29) is 17.7 Å². The summed E-state index contributed by atoms with van der Waals surface area (Å²) in [6, 6.07) is 12.0. The third-order valence-corrected chi connectivity index (χ3v) is 3.86. The van der Waals surface area contributed by atoms with Crippen molar-refractivity contribution in [2.24, 2.45) is 0 Å². The van der Waals surface area contributed by atoms with Gasteiger partial charge in [0.05, 0.1) is 5.56 Å². The normalized spacial score (nSPS) is 14.0. The minimum Gasteiger partial charge on any atom is -0.486 e. The van der Waals surface area contributed by atoms with E-state index >= 15 is 0 Å². The molecule has 22 heavy (non-hydrogen) atoms. The van der Waals surface area contributed by atoms with E-state index in [9.17, 15) is 9.59 Å². The molecule has 0 saturated carbocycles. The number of benzene rings is 2. The van der Waals surface area contributed by atoms with E-state index in [4.69, 9.17) is 4.74 Å². The number of rotatable bonds is 4. The van der Waals surface area contributed by atoms with E-state index in [1.807, 2.05) is 6.92 Å². The summed E-state index contributed by atoms with van der Waals surface area (Å²) in [6.07, 6.45) is 2.25. The summed E-state index contributed by atoms with van der Waals surface area (Å²) in [4.78, 5) is 25.4. The van der Waals surface area contributed by atoms with E-state index in [2.05, 4.69) is 6.58 Å². The van der Waals surface area contributed by atoms with Crippen LogP contribution in [0.1, 0.15) is 45.2 Å². The molecule has 0 aliphatic heterocycles. The minimum absolute atomic E-state index is 0.137. The van der Waals surface area contributed by atoms with Gasteiger partial charge in [-0.05, 0) is 12.5 Å². The maximum atomic E-state index is 12.8. The standard InChI is InChI=1S/C19H16O3/c1-3-12(4-2)22-16-11-7-10-15-17(16)19(21)14-9-6-5-8-13(14)18(15)20/h3,5-12H,1,4H2,2H3/t12-/m0/s1. The van der Waals surface area contributed by atoms with Crippen molar-refractivity contribution < 1.29 is 14.3 Å². The first-order valence-corrected chi connectivity index (χ1v) is 7.28. The van der Waals surface area contributed by atoms with Crippen LogP contribution < -0.4 is 4.74 Å². The number of carbonyl (C=O) groups is 2. The van der Waals surface area contributed by atoms with E-state index in [0.29, 0.717) is 28.0 Å². The lowest BCUT2D eigenvalue weighted by atomic mass is 9.83. The molecule has 0 spiro atoms. The Morgan fingerprint density at radius 3 is 2.27 bits per heavy atom. The Kier molecular flexibility index (Phi) is 3.63. The Morgan fingerprint density at radius 2 is 1.64 bits per heavy atom. The maximum absolute atomic E-state index is 12.8. The zero-order chi connectivity index (χ0) is 15.7. The lowest BCUT2D eigenvalue weighted by molar-refractivity contribution is 0.0974. The molecule has 0 unspecified atom stereocenters. The summed E-state index contributed by atoms with van der Waals surface area (Å²) >= 11 is 0. The number of ketones is 2. The molecule has 3 heteroatoms. The van der Waals surface area contributed by atoms with Gasteiger partial charge in [-0.2, -0.15) is 0 Å². The molecule has 0 N–H and O–H groups in total. The molecule has 3 nitrogen and oxygen atoms in total. The van der Waals surface area contributed by atoms with Crippen LogP contribution in [0.5, 0.6) is 5.75 Å². The Bertz CT molecular complexity index is 774. The smallest absolute Gasteiger partial charge is 0.198 e. The number of ether oxygens (including phenoxy) is 1. The van der Waals surface area contributed by atoms with Gasteiger partial charge in [-0.1, -0.05) is 56.0 Å². The van der Waals surface area contributed by atoms with Crippen LogP contribution in [0.4, 0.5) is 0 Å². The van der Waals surface area contributed by atoms with Crippen LogP contribution in [-0.2, 0) is 0 Å². The van der Waals surface area contributed by atoms with E-state index < -0.39 is 0 Å². The van der Waals surface area contributed by atoms with Gasteiger partial charge >= 0.3 is 0 Å². The molecular weight excluding hydrogens is 276 g/mol. The summed E-state index contributed by atoms with van der Waals surface area (Å²) < 4.78 is 5.85. The molecule has 110 valence electrons. The summed E-state index contributed by atoms with van der Waals surface area (Å²) in [5.74, 6) is 0.138. The molecule has 0 bridgehead atoms. The van der Waals surface area contributed by atoms with E-state index in [1.54, 1.807) is 48.5 Å². The molecule has 1 aliphatic rings. The highest BCUT2D eigenvalue weighted by Crippen LogP contribution is 2.33. The SMILES string of the molecule is C=C[C@@H](CC)Oc1cccc2c1C(=O)c1ccccc1C2=O. The quantitative estimate of drug-likeness (QED) is 0.687. The molecule has 3 rings (SSSR count). The van der Waals surface area contributed by atoms with Crippen LogP contribution in [-0.4, -0.2) is 17.7 Å². The molecule has 1 atom stereocenters. The fourth-order valence-electron chi connectivity index (χ4n) is 2.67. The first-order chi connectivity index (χ1) is 10.7. The van der Waals surface area contributed by atoms with Crippen molar-refractivity contribution in [3.8, 4) is 5.75 Å². The van der Waals surface area contributed by atoms with E-state index in [0.717, 1.165) is 6.42 Å². The van der Waals surface area contributed by atoms with Gasteiger partial charge in [0, 0.05) is 16.7 Å². The zero-order valence-corrected chi connectivity index (χ0v) is 12.3. The summed E-state index contributed by atoms with van der Waals surface area (Å²) in [5.41, 5.74) is 1.64. The van der Waals surface area contributed by atoms with Crippen molar-refractivity contribution >= 4 is 11.6 Å². The van der Waals surface area contributed by atoms with Crippen molar-refractivity contribution in [3.63, 3.8) is 0 Å². The second-order valence-corrected chi connectivity index (χ2v) is 5.18. The van der Waals surface area contributed by atoms with Crippen molar-refractivity contribution in [1.29, 1.82) is 0 Å². The van der Waals surface area contributed by atoms with Crippen molar-refractivity contribution in [3.05, 3.63) is 77.4 Å². The number of carbonyl (C=O) groups excluding carboxylic acids is 2. The van der Waals surface area contributed by atoms with E-state index in [1.165, 1.54) is 0 Å². The van der Waals surface area contributed by atoms with Gasteiger partial charge in [-0.15, -0.1) is 0 Å². The van der Waals surface area contributed by atoms with Crippen molar-refractivity contribution in [1.82, 2.24) is 0 Å². The summed E-state index contributed by atoms with van der Waals surface area (Å²) in [5, 5.41) is 0. The molecule has 0 aromatic heterocycles. The lowest BCUT2D eigenvalue weighted by Crippen LogP contribution is -2.23. The predicted octanol–water partition coefficient (Wildman–Crippen LogP) is 3.81. The molecule has 2 aromatic carbocycles. The van der Waals surface area contributed by atoms with Crippen LogP contribution in [0, 0.1) is 0 Å². The van der Waals surface area contributed by atoms with Gasteiger partial charge in [-0.3, -0.25) is 9.59 Å². The Labute approximate surface area is 129 Å². The second-order valence-electron chi connectivity index (χ2n) is 5.18. The summed E-state index contributed by atoms with van der Waals surface area (Å²) in [7, 11) is 0. The van der Waals surface area contributed by atoms with Crippen LogP contribution in [0.15, 0.2) is 55.1 Å². The zero-order valence-electron chi connectivity index (χ0n) is 12.3. The fraction of sp³-hybridized carbons (Fsp3) is 0.158. The van der Waals surface area contributed by atoms with Crippen LogP contribution >= 0.6 is 0 Å². The highest BCUT2D eigenvalue weighted by Gasteiger charge is 2.32. The van der Waals surface area contributed by atoms with Gasteiger partial charge in [0.2, 0.25) is 0 Å². The van der Waals surface area contributed by atoms with Gasteiger partial charge in [0.1, 0.15) is 11.9 Å². The Hall–Kier alpha value is -2.68. The lowest BCUT2D eigenvalue weighted by Gasteiger charge is -2.22. The topological polar surface area (TPSA) is 43.4 Å². The van der Waals surface area contributed by atoms with Crippen LogP contribution in [0.2, 0.25) is 0 Å². The monoisotopic (exact) mass is 292 g/mol. The molecule has 0 amide bonds. The number of fused-ring (bicyclic) bond motifs is 2. The largest absolute Gasteiger partial charge is 0.486 e. The molecule has 0 fully saturated rings. The average Bonchev–Trinajstić information content (AvgIpc) is 2.57. The highest BCUT2D eigenvalue weighted by molar-refractivity contribution is 6.29. The van der Waals surface area contributed by atoms with Gasteiger partial charge in [0.25, 0.3) is 0 Å². The summed E-state index contributed by atoms with van der Waals surface area (Å²) in [6.45, 7) is 5.71. The third-order valence-electron chi connectivity index (χ3n) is 3.86. The molecule has 0 heterocycles. The van der Waals surface area contributed by atoms with Crippen LogP contribution in [0.25, 0.3) is 0 Å². The second kappa shape index (κ2) is 5.60. The number of hydrogen-bond acceptors (Lipinski definition) is 3. The molecular formula is C19H16O3. The third kappa shape index (κ3) is 2.15. The maximum Gasteiger partial charge on any atom is 0.198 e. The molecule has 2 aromatic rings. The first-order valence-electron chi connectivity index (χ1n) is 7.28. The molecule has 1 aliphatic carbocycles. The highest BCUT2D eigenvalue weighted by atomic mass is 16.5. The van der Waals surface area contributed by atoms with Gasteiger partial charge in [0.15, 0.2) is 11.6 Å². The molecule has 0 saturated heterocycles. The predicted molar refractivity (Wildman–Crippen MR) is 84.7 cm³/mol.